The Hall–Kier alpha value is -1.50. The van der Waals surface area contributed by atoms with E-state index in [4.69, 9.17) is 5.73 Å². The van der Waals surface area contributed by atoms with Gasteiger partial charge >= 0.3 is 6.18 Å². The van der Waals surface area contributed by atoms with Crippen molar-refractivity contribution in [3.63, 3.8) is 0 Å². The van der Waals surface area contributed by atoms with Crippen LogP contribution in [0.5, 0.6) is 0 Å². The number of alkyl halides is 3. The van der Waals surface area contributed by atoms with Gasteiger partial charge in [-0.15, -0.1) is 0 Å². The van der Waals surface area contributed by atoms with E-state index in [0.717, 1.165) is 0 Å². The van der Waals surface area contributed by atoms with Crippen LogP contribution in [0.25, 0.3) is 0 Å². The Balaban J connectivity index is 1.82. The molecule has 0 atom stereocenters. The quantitative estimate of drug-likeness (QED) is 0.841. The molecule has 0 spiro atoms. The SMILES string of the molecule is Nc1ccn(CCN2CC=C(C(F)(F)F)CC2)n1. The summed E-state index contributed by atoms with van der Waals surface area (Å²) in [5.41, 5.74) is 5.06. The van der Waals surface area contributed by atoms with Gasteiger partial charge in [0.1, 0.15) is 5.82 Å². The number of rotatable bonds is 3. The van der Waals surface area contributed by atoms with E-state index in [0.29, 0.717) is 32.0 Å². The largest absolute Gasteiger partial charge is 0.412 e. The Kier molecular flexibility index (Phi) is 3.60. The van der Waals surface area contributed by atoms with Crippen molar-refractivity contribution in [3.8, 4) is 0 Å². The van der Waals surface area contributed by atoms with Crippen molar-refractivity contribution in [2.24, 2.45) is 0 Å². The standard InChI is InChI=1S/C11H15F3N4/c12-11(13,14)9-1-4-17(5-2-9)7-8-18-6-3-10(15)16-18/h1,3,6H,2,4-5,7-8H2,(H2,15,16). The van der Waals surface area contributed by atoms with E-state index >= 15 is 0 Å². The van der Waals surface area contributed by atoms with Gasteiger partial charge in [-0.2, -0.15) is 18.3 Å². The van der Waals surface area contributed by atoms with Crippen molar-refractivity contribution in [1.82, 2.24) is 14.7 Å². The van der Waals surface area contributed by atoms with Gasteiger partial charge in [-0.1, -0.05) is 6.08 Å². The van der Waals surface area contributed by atoms with Crippen molar-refractivity contribution in [2.45, 2.75) is 19.1 Å². The minimum Gasteiger partial charge on any atom is -0.382 e. The fraction of sp³-hybridized carbons (Fsp3) is 0.545. The van der Waals surface area contributed by atoms with E-state index in [2.05, 4.69) is 5.10 Å². The molecule has 18 heavy (non-hydrogen) atoms. The van der Waals surface area contributed by atoms with Crippen molar-refractivity contribution in [1.29, 1.82) is 0 Å². The maximum Gasteiger partial charge on any atom is 0.412 e. The summed E-state index contributed by atoms with van der Waals surface area (Å²) < 4.78 is 38.9. The second-order valence-electron chi connectivity index (χ2n) is 4.28. The average Bonchev–Trinajstić information content (AvgIpc) is 2.72. The Morgan fingerprint density at radius 2 is 2.11 bits per heavy atom. The third kappa shape index (κ3) is 3.25. The lowest BCUT2D eigenvalue weighted by Crippen LogP contribution is -2.34. The summed E-state index contributed by atoms with van der Waals surface area (Å²) in [6.45, 7) is 2.07. The summed E-state index contributed by atoms with van der Waals surface area (Å²) >= 11 is 0. The van der Waals surface area contributed by atoms with Gasteiger partial charge < -0.3 is 5.73 Å². The molecule has 2 N–H and O–H groups in total. The molecule has 0 fully saturated rings. The molecule has 7 heteroatoms. The van der Waals surface area contributed by atoms with E-state index in [-0.39, 0.29) is 6.42 Å². The number of nitrogens with zero attached hydrogens (tertiary/aromatic N) is 3. The van der Waals surface area contributed by atoms with Gasteiger partial charge in [-0.05, 0) is 12.5 Å². The molecule has 100 valence electrons. The lowest BCUT2D eigenvalue weighted by atomic mass is 10.1. The number of nitrogens with two attached hydrogens (primary N) is 1. The third-order valence-corrected chi connectivity index (χ3v) is 2.96. The highest BCUT2D eigenvalue weighted by Gasteiger charge is 2.34. The van der Waals surface area contributed by atoms with Gasteiger partial charge in [0.2, 0.25) is 0 Å². The Morgan fingerprint density at radius 3 is 2.61 bits per heavy atom. The Morgan fingerprint density at radius 1 is 1.33 bits per heavy atom. The van der Waals surface area contributed by atoms with Crippen LogP contribution >= 0.6 is 0 Å². The minimum atomic E-state index is -4.18. The van der Waals surface area contributed by atoms with Gasteiger partial charge in [0.25, 0.3) is 0 Å². The normalized spacial score (nSPS) is 17.8. The molecule has 1 aromatic heterocycles. The molecule has 1 aliphatic rings. The molecule has 4 nitrogen and oxygen atoms in total. The molecule has 0 radical (unpaired) electrons. The lowest BCUT2D eigenvalue weighted by Gasteiger charge is -2.26. The van der Waals surface area contributed by atoms with Gasteiger partial charge in [-0.25, -0.2) is 0 Å². The number of hydrogen-bond donors (Lipinski definition) is 1. The zero-order chi connectivity index (χ0) is 13.2. The van der Waals surface area contributed by atoms with Crippen molar-refractivity contribution >= 4 is 5.82 Å². The summed E-state index contributed by atoms with van der Waals surface area (Å²) in [4.78, 5) is 1.97. The highest BCUT2D eigenvalue weighted by molar-refractivity contribution is 5.23. The van der Waals surface area contributed by atoms with E-state index < -0.39 is 11.7 Å². The van der Waals surface area contributed by atoms with Gasteiger partial charge in [-0.3, -0.25) is 9.58 Å². The first-order valence-corrected chi connectivity index (χ1v) is 5.72. The summed E-state index contributed by atoms with van der Waals surface area (Å²) in [5, 5.41) is 4.02. The predicted molar refractivity (Wildman–Crippen MR) is 61.8 cm³/mol. The number of nitrogen functional groups attached to an aromatic ring is 1. The fourth-order valence-corrected chi connectivity index (χ4v) is 1.92. The van der Waals surface area contributed by atoms with Gasteiger partial charge in [0, 0.05) is 31.4 Å². The zero-order valence-corrected chi connectivity index (χ0v) is 9.82. The van der Waals surface area contributed by atoms with Crippen LogP contribution in [0, 0.1) is 0 Å². The van der Waals surface area contributed by atoms with Crippen LogP contribution < -0.4 is 5.73 Å². The maximum atomic E-state index is 12.4. The summed E-state index contributed by atoms with van der Waals surface area (Å²) in [6, 6.07) is 1.69. The molecule has 1 aromatic rings. The highest BCUT2D eigenvalue weighted by atomic mass is 19.4. The molecule has 2 rings (SSSR count). The smallest absolute Gasteiger partial charge is 0.382 e. The Labute approximate surface area is 103 Å². The fourth-order valence-electron chi connectivity index (χ4n) is 1.92. The van der Waals surface area contributed by atoms with Crippen LogP contribution in [0.15, 0.2) is 23.9 Å². The molecular formula is C11H15F3N4. The monoisotopic (exact) mass is 260 g/mol. The van der Waals surface area contributed by atoms with E-state index in [9.17, 15) is 13.2 Å². The summed E-state index contributed by atoms with van der Waals surface area (Å²) in [5.74, 6) is 0.452. The van der Waals surface area contributed by atoms with Crippen molar-refractivity contribution in [3.05, 3.63) is 23.9 Å². The average molecular weight is 260 g/mol. The second-order valence-corrected chi connectivity index (χ2v) is 4.28. The minimum absolute atomic E-state index is 0.0603. The molecule has 0 amide bonds. The number of aromatic nitrogens is 2. The number of halogens is 3. The van der Waals surface area contributed by atoms with Crippen LogP contribution in [0.1, 0.15) is 6.42 Å². The first-order chi connectivity index (χ1) is 8.45. The van der Waals surface area contributed by atoms with Crippen LogP contribution in [0.2, 0.25) is 0 Å². The van der Waals surface area contributed by atoms with Crippen LogP contribution in [-0.2, 0) is 6.54 Å². The highest BCUT2D eigenvalue weighted by Crippen LogP contribution is 2.29. The molecule has 0 unspecified atom stereocenters. The van der Waals surface area contributed by atoms with Gasteiger partial charge in [0.05, 0.1) is 6.54 Å². The van der Waals surface area contributed by atoms with E-state index in [1.807, 2.05) is 4.90 Å². The molecule has 0 aliphatic carbocycles. The Bertz CT molecular complexity index is 436. The molecule has 1 aliphatic heterocycles. The zero-order valence-electron chi connectivity index (χ0n) is 9.82. The molecule has 0 saturated carbocycles. The number of anilines is 1. The van der Waals surface area contributed by atoms with Gasteiger partial charge in [0.15, 0.2) is 0 Å². The second kappa shape index (κ2) is 5.01. The first-order valence-electron chi connectivity index (χ1n) is 5.72. The predicted octanol–water partition coefficient (Wildman–Crippen LogP) is 1.66. The molecular weight excluding hydrogens is 245 g/mol. The molecule has 0 saturated heterocycles. The van der Waals surface area contributed by atoms with Crippen molar-refractivity contribution in [2.75, 3.05) is 25.4 Å². The van der Waals surface area contributed by atoms with Crippen LogP contribution in [-0.4, -0.2) is 40.5 Å². The van der Waals surface area contributed by atoms with Crippen LogP contribution in [0.4, 0.5) is 19.0 Å². The first kappa shape index (κ1) is 12.9. The maximum absolute atomic E-state index is 12.4. The third-order valence-electron chi connectivity index (χ3n) is 2.96. The van der Waals surface area contributed by atoms with Crippen molar-refractivity contribution < 1.29 is 13.2 Å². The summed E-state index contributed by atoms with van der Waals surface area (Å²) in [7, 11) is 0. The molecule has 0 bridgehead atoms. The molecule has 2 heterocycles. The van der Waals surface area contributed by atoms with E-state index in [1.54, 1.807) is 16.9 Å². The molecule has 0 aromatic carbocycles. The topological polar surface area (TPSA) is 47.1 Å². The van der Waals surface area contributed by atoms with E-state index in [1.165, 1.54) is 6.08 Å². The lowest BCUT2D eigenvalue weighted by molar-refractivity contribution is -0.0960. The summed E-state index contributed by atoms with van der Waals surface area (Å²) in [6.07, 6.45) is -1.09. The van der Waals surface area contributed by atoms with Crippen LogP contribution in [0.3, 0.4) is 0 Å². The number of hydrogen-bond acceptors (Lipinski definition) is 3.